The molecule has 0 bridgehead atoms. The van der Waals surface area contributed by atoms with Crippen LogP contribution in [0.15, 0.2) is 0 Å². The van der Waals surface area contributed by atoms with Gasteiger partial charge in [-0.2, -0.15) is 15.0 Å². The average Bonchev–Trinajstić information content (AvgIpc) is 2.33. The van der Waals surface area contributed by atoms with Crippen molar-refractivity contribution in [1.82, 2.24) is 19.9 Å². The molecule has 0 atom stereocenters. The second-order valence-electron chi connectivity index (χ2n) is 5.44. The van der Waals surface area contributed by atoms with Crippen molar-refractivity contribution < 1.29 is 5.11 Å². The van der Waals surface area contributed by atoms with Gasteiger partial charge in [0.1, 0.15) is 5.82 Å². The van der Waals surface area contributed by atoms with E-state index in [0.717, 1.165) is 13.0 Å². The van der Waals surface area contributed by atoms with Gasteiger partial charge < -0.3 is 15.7 Å². The molecule has 1 fully saturated rings. The van der Waals surface area contributed by atoms with E-state index in [9.17, 15) is 0 Å². The lowest BCUT2D eigenvalue weighted by Gasteiger charge is -2.37. The first-order valence-corrected chi connectivity index (χ1v) is 7.13. The first kappa shape index (κ1) is 14.9. The van der Waals surface area contributed by atoms with Crippen molar-refractivity contribution in [3.05, 3.63) is 5.82 Å². The molecule has 2 rings (SSSR count). The maximum Gasteiger partial charge on any atom is 0.229 e. The number of rotatable bonds is 7. The zero-order valence-corrected chi connectivity index (χ0v) is 12.3. The highest BCUT2D eigenvalue weighted by atomic mass is 16.3. The summed E-state index contributed by atoms with van der Waals surface area (Å²) < 4.78 is 0. The molecule has 20 heavy (non-hydrogen) atoms. The van der Waals surface area contributed by atoms with Crippen molar-refractivity contribution in [2.75, 3.05) is 37.9 Å². The molecular formula is C13H24N6O. The molecular weight excluding hydrogens is 256 g/mol. The Morgan fingerprint density at radius 2 is 2.00 bits per heavy atom. The Balaban J connectivity index is 2.08. The molecule has 0 aliphatic heterocycles. The Labute approximate surface area is 119 Å². The second kappa shape index (κ2) is 6.81. The Morgan fingerprint density at radius 3 is 2.55 bits per heavy atom. The molecule has 1 aliphatic rings. The SMILES string of the molecule is CN(C)c1nc(N)nc(CN(CCCO)C2CCC2)n1. The second-order valence-corrected chi connectivity index (χ2v) is 5.44. The minimum absolute atomic E-state index is 0.214. The molecule has 0 aromatic carbocycles. The smallest absolute Gasteiger partial charge is 0.229 e. The van der Waals surface area contributed by atoms with Crippen LogP contribution in [0.4, 0.5) is 11.9 Å². The maximum absolute atomic E-state index is 9.02. The van der Waals surface area contributed by atoms with Gasteiger partial charge in [0.25, 0.3) is 0 Å². The summed E-state index contributed by atoms with van der Waals surface area (Å²) in [6.07, 6.45) is 4.49. The molecule has 112 valence electrons. The van der Waals surface area contributed by atoms with Crippen LogP contribution in [0.2, 0.25) is 0 Å². The molecule has 3 N–H and O–H groups in total. The molecule has 1 heterocycles. The average molecular weight is 280 g/mol. The number of nitrogens with two attached hydrogens (primary N) is 1. The Morgan fingerprint density at radius 1 is 1.25 bits per heavy atom. The van der Waals surface area contributed by atoms with Gasteiger partial charge in [-0.3, -0.25) is 4.90 Å². The summed E-state index contributed by atoms with van der Waals surface area (Å²) in [4.78, 5) is 16.9. The van der Waals surface area contributed by atoms with Gasteiger partial charge in [0.05, 0.1) is 6.54 Å². The summed E-state index contributed by atoms with van der Waals surface area (Å²) in [6.45, 7) is 1.74. The van der Waals surface area contributed by atoms with E-state index in [2.05, 4.69) is 19.9 Å². The van der Waals surface area contributed by atoms with E-state index in [1.165, 1.54) is 19.3 Å². The zero-order chi connectivity index (χ0) is 14.5. The minimum atomic E-state index is 0.214. The van der Waals surface area contributed by atoms with Crippen molar-refractivity contribution in [3.8, 4) is 0 Å². The van der Waals surface area contributed by atoms with E-state index >= 15 is 0 Å². The van der Waals surface area contributed by atoms with Crippen LogP contribution in [0.25, 0.3) is 0 Å². The molecule has 0 saturated heterocycles. The fraction of sp³-hybridized carbons (Fsp3) is 0.769. The van der Waals surface area contributed by atoms with E-state index in [1.54, 1.807) is 0 Å². The van der Waals surface area contributed by atoms with Crippen LogP contribution >= 0.6 is 0 Å². The Hall–Kier alpha value is -1.47. The fourth-order valence-electron chi connectivity index (χ4n) is 2.29. The third kappa shape index (κ3) is 3.77. The fourth-order valence-corrected chi connectivity index (χ4v) is 2.29. The first-order valence-electron chi connectivity index (χ1n) is 7.13. The van der Waals surface area contributed by atoms with Gasteiger partial charge in [-0.25, -0.2) is 0 Å². The van der Waals surface area contributed by atoms with Crippen molar-refractivity contribution in [2.45, 2.75) is 38.3 Å². The molecule has 0 amide bonds. The van der Waals surface area contributed by atoms with E-state index in [1.807, 2.05) is 19.0 Å². The van der Waals surface area contributed by atoms with Crippen LogP contribution in [-0.4, -0.2) is 58.2 Å². The van der Waals surface area contributed by atoms with Gasteiger partial charge in [0.15, 0.2) is 0 Å². The van der Waals surface area contributed by atoms with Crippen LogP contribution in [-0.2, 0) is 6.54 Å². The molecule has 1 aromatic heterocycles. The van der Waals surface area contributed by atoms with Crippen molar-refractivity contribution in [1.29, 1.82) is 0 Å². The molecule has 0 radical (unpaired) electrons. The summed E-state index contributed by atoms with van der Waals surface area (Å²) in [6, 6.07) is 0.586. The summed E-state index contributed by atoms with van der Waals surface area (Å²) in [5.74, 6) is 1.55. The van der Waals surface area contributed by atoms with Crippen LogP contribution < -0.4 is 10.6 Å². The Kier molecular flexibility index (Phi) is 5.08. The number of aromatic nitrogens is 3. The van der Waals surface area contributed by atoms with Crippen LogP contribution in [0.3, 0.4) is 0 Å². The minimum Gasteiger partial charge on any atom is -0.396 e. The third-order valence-corrected chi connectivity index (χ3v) is 3.63. The van der Waals surface area contributed by atoms with Crippen molar-refractivity contribution in [3.63, 3.8) is 0 Å². The standard InChI is InChI=1S/C13H24N6O/c1-18(2)13-16-11(15-12(14)17-13)9-19(7-4-8-20)10-5-3-6-10/h10,20H,3-9H2,1-2H3,(H2,14,15,16,17). The molecule has 7 heteroatoms. The quantitative estimate of drug-likeness (QED) is 0.740. The van der Waals surface area contributed by atoms with E-state index in [0.29, 0.717) is 24.4 Å². The van der Waals surface area contributed by atoms with Crippen molar-refractivity contribution >= 4 is 11.9 Å². The van der Waals surface area contributed by atoms with E-state index in [4.69, 9.17) is 10.8 Å². The lowest BCUT2D eigenvalue weighted by atomic mass is 9.91. The number of nitrogen functional groups attached to an aromatic ring is 1. The third-order valence-electron chi connectivity index (χ3n) is 3.63. The predicted molar refractivity (Wildman–Crippen MR) is 78.3 cm³/mol. The van der Waals surface area contributed by atoms with Gasteiger partial charge in [-0.15, -0.1) is 0 Å². The molecule has 1 saturated carbocycles. The largest absolute Gasteiger partial charge is 0.396 e. The number of hydrogen-bond acceptors (Lipinski definition) is 7. The highest BCUT2D eigenvalue weighted by Crippen LogP contribution is 2.26. The summed E-state index contributed by atoms with van der Waals surface area (Å²) in [5.41, 5.74) is 5.75. The monoisotopic (exact) mass is 280 g/mol. The molecule has 1 aromatic rings. The maximum atomic E-state index is 9.02. The highest BCUT2D eigenvalue weighted by Gasteiger charge is 2.25. The van der Waals surface area contributed by atoms with Crippen LogP contribution in [0.5, 0.6) is 0 Å². The molecule has 0 spiro atoms. The van der Waals surface area contributed by atoms with Gasteiger partial charge in [0.2, 0.25) is 11.9 Å². The lowest BCUT2D eigenvalue weighted by molar-refractivity contribution is 0.106. The summed E-state index contributed by atoms with van der Waals surface area (Å²) in [5, 5.41) is 9.02. The number of aliphatic hydroxyl groups is 1. The summed E-state index contributed by atoms with van der Waals surface area (Å²) >= 11 is 0. The lowest BCUT2D eigenvalue weighted by Crippen LogP contribution is -2.41. The predicted octanol–water partition coefficient (Wildman–Crippen LogP) is 0.257. The van der Waals surface area contributed by atoms with Gasteiger partial charge in [-0.1, -0.05) is 6.42 Å². The number of anilines is 2. The zero-order valence-electron chi connectivity index (χ0n) is 12.3. The number of nitrogens with zero attached hydrogens (tertiary/aromatic N) is 5. The van der Waals surface area contributed by atoms with E-state index < -0.39 is 0 Å². The van der Waals surface area contributed by atoms with Crippen LogP contribution in [0, 0.1) is 0 Å². The van der Waals surface area contributed by atoms with E-state index in [-0.39, 0.29) is 12.6 Å². The topological polar surface area (TPSA) is 91.4 Å². The first-order chi connectivity index (χ1) is 9.60. The van der Waals surface area contributed by atoms with Crippen LogP contribution in [0.1, 0.15) is 31.5 Å². The van der Waals surface area contributed by atoms with Crippen molar-refractivity contribution in [2.24, 2.45) is 0 Å². The molecule has 7 nitrogen and oxygen atoms in total. The Bertz CT molecular complexity index is 435. The number of aliphatic hydroxyl groups excluding tert-OH is 1. The highest BCUT2D eigenvalue weighted by molar-refractivity contribution is 5.32. The van der Waals surface area contributed by atoms with Gasteiger partial charge in [0, 0.05) is 33.3 Å². The molecule has 1 aliphatic carbocycles. The number of hydrogen-bond donors (Lipinski definition) is 2. The van der Waals surface area contributed by atoms with Gasteiger partial charge >= 0.3 is 0 Å². The molecule has 0 unspecified atom stereocenters. The summed E-state index contributed by atoms with van der Waals surface area (Å²) in [7, 11) is 3.77. The van der Waals surface area contributed by atoms with Gasteiger partial charge in [-0.05, 0) is 19.3 Å². The normalized spacial score (nSPS) is 15.4.